The summed E-state index contributed by atoms with van der Waals surface area (Å²) in [5.41, 5.74) is 3.22. The Bertz CT molecular complexity index is 662. The van der Waals surface area contributed by atoms with Crippen LogP contribution in [0.2, 0.25) is 0 Å². The Morgan fingerprint density at radius 2 is 1.82 bits per heavy atom. The number of rotatable bonds is 6. The van der Waals surface area contributed by atoms with Gasteiger partial charge in [0.2, 0.25) is 5.91 Å². The number of benzene rings is 2. The highest BCUT2D eigenvalue weighted by Gasteiger charge is 2.11. The lowest BCUT2D eigenvalue weighted by Gasteiger charge is -2.22. The van der Waals surface area contributed by atoms with Crippen LogP contribution < -0.4 is 10.2 Å². The molecule has 2 aromatic carbocycles. The Balaban J connectivity index is 2.12. The highest BCUT2D eigenvalue weighted by molar-refractivity contribution is 5.85. The fraction of sp³-hybridized carbons (Fsp3) is 0.222. The van der Waals surface area contributed by atoms with Crippen LogP contribution in [0.3, 0.4) is 0 Å². The topological polar surface area (TPSA) is 56.1 Å². The summed E-state index contributed by atoms with van der Waals surface area (Å²) in [5, 5.41) is 11.2. The summed E-state index contributed by atoms with van der Waals surface area (Å²) in [6, 6.07) is 20.1. The molecule has 0 radical (unpaired) electrons. The van der Waals surface area contributed by atoms with Crippen molar-refractivity contribution < 1.29 is 4.79 Å². The summed E-state index contributed by atoms with van der Waals surface area (Å²) in [6.45, 7) is 0.652. The molecule has 0 aliphatic rings. The van der Waals surface area contributed by atoms with E-state index in [1.54, 1.807) is 0 Å². The molecule has 0 saturated carbocycles. The van der Waals surface area contributed by atoms with E-state index in [9.17, 15) is 4.79 Å². The first-order valence-electron chi connectivity index (χ1n) is 7.21. The van der Waals surface area contributed by atoms with Crippen LogP contribution in [-0.2, 0) is 4.79 Å². The van der Waals surface area contributed by atoms with E-state index in [1.807, 2.05) is 54.4 Å². The SMILES string of the molecule is CN(CC(=O)NCCC#N)c1ccccc1-c1ccccc1. The molecule has 2 aromatic rings. The van der Waals surface area contributed by atoms with Gasteiger partial charge in [-0.15, -0.1) is 0 Å². The molecule has 0 atom stereocenters. The number of anilines is 1. The first-order chi connectivity index (χ1) is 10.7. The summed E-state index contributed by atoms with van der Waals surface area (Å²) < 4.78 is 0. The molecule has 0 saturated heterocycles. The van der Waals surface area contributed by atoms with Crippen molar-refractivity contribution in [3.63, 3.8) is 0 Å². The average molecular weight is 293 g/mol. The van der Waals surface area contributed by atoms with Crippen LogP contribution in [-0.4, -0.2) is 26.0 Å². The third-order valence-corrected chi connectivity index (χ3v) is 3.34. The minimum absolute atomic E-state index is 0.0828. The van der Waals surface area contributed by atoms with Gasteiger partial charge >= 0.3 is 0 Å². The van der Waals surface area contributed by atoms with E-state index in [1.165, 1.54) is 0 Å². The minimum atomic E-state index is -0.0828. The first kappa shape index (κ1) is 15.6. The van der Waals surface area contributed by atoms with Crippen molar-refractivity contribution in [3.8, 4) is 17.2 Å². The number of carbonyl (C=O) groups excluding carboxylic acids is 1. The zero-order valence-electron chi connectivity index (χ0n) is 12.6. The Labute approximate surface area is 131 Å². The first-order valence-corrected chi connectivity index (χ1v) is 7.21. The van der Waals surface area contributed by atoms with E-state index < -0.39 is 0 Å². The van der Waals surface area contributed by atoms with E-state index in [-0.39, 0.29) is 12.5 Å². The molecule has 1 amide bonds. The minimum Gasteiger partial charge on any atom is -0.365 e. The fourth-order valence-electron chi connectivity index (χ4n) is 2.28. The van der Waals surface area contributed by atoms with Gasteiger partial charge in [0.25, 0.3) is 0 Å². The lowest BCUT2D eigenvalue weighted by Crippen LogP contribution is -2.35. The molecule has 112 valence electrons. The molecule has 0 spiro atoms. The third-order valence-electron chi connectivity index (χ3n) is 3.34. The van der Waals surface area contributed by atoms with Crippen LogP contribution in [0.15, 0.2) is 54.6 Å². The number of nitrogens with one attached hydrogen (secondary N) is 1. The Morgan fingerprint density at radius 1 is 1.14 bits per heavy atom. The zero-order valence-corrected chi connectivity index (χ0v) is 12.6. The molecule has 4 nitrogen and oxygen atoms in total. The van der Waals surface area contributed by atoms with Crippen LogP contribution >= 0.6 is 0 Å². The third kappa shape index (κ3) is 4.10. The molecule has 0 heterocycles. The van der Waals surface area contributed by atoms with E-state index in [2.05, 4.69) is 23.5 Å². The number of para-hydroxylation sites is 1. The smallest absolute Gasteiger partial charge is 0.239 e. The van der Waals surface area contributed by atoms with Crippen LogP contribution in [0, 0.1) is 11.3 Å². The molecule has 0 aliphatic carbocycles. The predicted molar refractivity (Wildman–Crippen MR) is 88.4 cm³/mol. The van der Waals surface area contributed by atoms with Gasteiger partial charge < -0.3 is 10.2 Å². The summed E-state index contributed by atoms with van der Waals surface area (Å²) in [5.74, 6) is -0.0828. The molecule has 0 aromatic heterocycles. The number of carbonyl (C=O) groups is 1. The van der Waals surface area contributed by atoms with E-state index in [0.717, 1.165) is 16.8 Å². The van der Waals surface area contributed by atoms with Crippen LogP contribution in [0.5, 0.6) is 0 Å². The fourth-order valence-corrected chi connectivity index (χ4v) is 2.28. The number of amides is 1. The highest BCUT2D eigenvalue weighted by atomic mass is 16.2. The van der Waals surface area contributed by atoms with Crippen molar-refractivity contribution in [2.75, 3.05) is 25.0 Å². The van der Waals surface area contributed by atoms with E-state index in [0.29, 0.717) is 13.0 Å². The molecular formula is C18H19N3O. The number of hydrogen-bond acceptors (Lipinski definition) is 3. The molecule has 1 N–H and O–H groups in total. The number of likely N-dealkylation sites (N-methyl/N-ethyl adjacent to an activating group) is 1. The monoisotopic (exact) mass is 293 g/mol. The maximum Gasteiger partial charge on any atom is 0.239 e. The summed E-state index contributed by atoms with van der Waals surface area (Å²) in [7, 11) is 1.89. The number of nitrogens with zero attached hydrogens (tertiary/aromatic N) is 2. The lowest BCUT2D eigenvalue weighted by molar-refractivity contribution is -0.119. The van der Waals surface area contributed by atoms with Crippen molar-refractivity contribution in [1.29, 1.82) is 5.26 Å². The maximum atomic E-state index is 11.9. The highest BCUT2D eigenvalue weighted by Crippen LogP contribution is 2.29. The normalized spacial score (nSPS) is 9.82. The predicted octanol–water partition coefficient (Wildman–Crippen LogP) is 2.82. The van der Waals surface area contributed by atoms with Crippen molar-refractivity contribution in [2.45, 2.75) is 6.42 Å². The van der Waals surface area contributed by atoms with Crippen molar-refractivity contribution in [2.24, 2.45) is 0 Å². The molecule has 0 unspecified atom stereocenters. The van der Waals surface area contributed by atoms with Crippen molar-refractivity contribution >= 4 is 11.6 Å². The number of hydrogen-bond donors (Lipinski definition) is 1. The van der Waals surface area contributed by atoms with Gasteiger partial charge in [0.05, 0.1) is 19.0 Å². The van der Waals surface area contributed by atoms with Gasteiger partial charge in [-0.05, 0) is 11.6 Å². The van der Waals surface area contributed by atoms with Crippen LogP contribution in [0.1, 0.15) is 6.42 Å². The van der Waals surface area contributed by atoms with Gasteiger partial charge in [-0.3, -0.25) is 4.79 Å². The van der Waals surface area contributed by atoms with Crippen LogP contribution in [0.4, 0.5) is 5.69 Å². The Morgan fingerprint density at radius 3 is 2.55 bits per heavy atom. The standard InChI is InChI=1S/C18H19N3O/c1-21(14-18(22)20-13-7-12-19)17-11-6-5-10-16(17)15-8-3-2-4-9-15/h2-6,8-11H,7,13-14H2,1H3,(H,20,22). The van der Waals surface area contributed by atoms with Gasteiger partial charge in [0, 0.05) is 24.8 Å². The molecule has 22 heavy (non-hydrogen) atoms. The van der Waals surface area contributed by atoms with Gasteiger partial charge in [-0.2, -0.15) is 5.26 Å². The number of nitriles is 1. The van der Waals surface area contributed by atoms with E-state index in [4.69, 9.17) is 5.26 Å². The van der Waals surface area contributed by atoms with Gasteiger partial charge in [0.15, 0.2) is 0 Å². The quantitative estimate of drug-likeness (QED) is 0.833. The van der Waals surface area contributed by atoms with Crippen molar-refractivity contribution in [1.82, 2.24) is 5.32 Å². The Kier molecular flexibility index (Phi) is 5.56. The zero-order chi connectivity index (χ0) is 15.8. The Hall–Kier alpha value is -2.80. The second kappa shape index (κ2) is 7.84. The molecule has 0 aliphatic heterocycles. The summed E-state index contributed by atoms with van der Waals surface area (Å²) >= 11 is 0. The lowest BCUT2D eigenvalue weighted by atomic mass is 10.0. The second-order valence-corrected chi connectivity index (χ2v) is 5.00. The van der Waals surface area contributed by atoms with Gasteiger partial charge in [-0.1, -0.05) is 48.5 Å². The average Bonchev–Trinajstić information content (AvgIpc) is 2.56. The van der Waals surface area contributed by atoms with E-state index >= 15 is 0 Å². The van der Waals surface area contributed by atoms with Crippen molar-refractivity contribution in [3.05, 3.63) is 54.6 Å². The second-order valence-electron chi connectivity index (χ2n) is 5.00. The molecule has 0 fully saturated rings. The molecular weight excluding hydrogens is 274 g/mol. The van der Waals surface area contributed by atoms with Gasteiger partial charge in [0.1, 0.15) is 0 Å². The molecule has 0 bridgehead atoms. The summed E-state index contributed by atoms with van der Waals surface area (Å²) in [6.07, 6.45) is 0.329. The molecule has 4 heteroatoms. The van der Waals surface area contributed by atoms with Gasteiger partial charge in [-0.25, -0.2) is 0 Å². The van der Waals surface area contributed by atoms with Crippen LogP contribution in [0.25, 0.3) is 11.1 Å². The largest absolute Gasteiger partial charge is 0.365 e. The maximum absolute atomic E-state index is 11.9. The summed E-state index contributed by atoms with van der Waals surface area (Å²) in [4.78, 5) is 13.8. The molecule has 2 rings (SSSR count).